The Balaban J connectivity index is 1.60. The summed E-state index contributed by atoms with van der Waals surface area (Å²) in [5.41, 5.74) is 1.59. The van der Waals surface area contributed by atoms with Gasteiger partial charge in [0, 0.05) is 0 Å². The lowest BCUT2D eigenvalue weighted by atomic mass is 10.00. The van der Waals surface area contributed by atoms with E-state index in [2.05, 4.69) is 0 Å². The fourth-order valence-corrected chi connectivity index (χ4v) is 4.07. The summed E-state index contributed by atoms with van der Waals surface area (Å²) >= 11 is 1.50. The van der Waals surface area contributed by atoms with Gasteiger partial charge in [-0.05, 0) is 16.9 Å². The van der Waals surface area contributed by atoms with Crippen LogP contribution in [0.4, 0.5) is 0 Å². The van der Waals surface area contributed by atoms with E-state index in [9.17, 15) is 10.2 Å². The minimum Gasteiger partial charge on any atom is -0.387 e. The zero-order valence-corrected chi connectivity index (χ0v) is 16.8. The number of ether oxygens (including phenoxy) is 3. The van der Waals surface area contributed by atoms with E-state index in [1.54, 1.807) is 0 Å². The van der Waals surface area contributed by atoms with E-state index in [-0.39, 0.29) is 6.61 Å². The normalized spacial score (nSPS) is 27.6. The Morgan fingerprint density at radius 2 is 1.50 bits per heavy atom. The van der Waals surface area contributed by atoms with Gasteiger partial charge in [0.1, 0.15) is 29.9 Å². The molecule has 0 bridgehead atoms. The van der Waals surface area contributed by atoms with E-state index < -0.39 is 29.9 Å². The number of thioether (sulfide) groups is 1. The smallest absolute Gasteiger partial charge is 0.132 e. The molecule has 6 heteroatoms. The molecule has 0 aromatic heterocycles. The number of benzene rings is 2. The van der Waals surface area contributed by atoms with Crippen molar-refractivity contribution in [3.8, 4) is 0 Å². The molecule has 0 radical (unpaired) electrons. The average Bonchev–Trinajstić information content (AvgIpc) is 2.73. The second kappa shape index (κ2) is 11.0. The predicted molar refractivity (Wildman–Crippen MR) is 110 cm³/mol. The first-order valence-electron chi connectivity index (χ1n) is 9.59. The molecule has 0 unspecified atom stereocenters. The molecular formula is C22H28O5S. The lowest BCUT2D eigenvalue weighted by Crippen LogP contribution is -2.58. The molecule has 152 valence electrons. The standard InChI is InChI=1S/C22H28O5S/c1-2-28-22-20(24)21(26-14-17-11-7-4-8-12-17)19(23)18(27-22)15-25-13-16-9-5-3-6-10-16/h3-12,18-24H,2,13-15H2,1H3/t18-,19-,20-,21+,22+/m1/s1. The summed E-state index contributed by atoms with van der Waals surface area (Å²) in [6.07, 6.45) is -3.17. The first-order valence-corrected chi connectivity index (χ1v) is 10.6. The molecule has 1 aliphatic heterocycles. The maximum Gasteiger partial charge on any atom is 0.132 e. The van der Waals surface area contributed by atoms with E-state index in [4.69, 9.17) is 14.2 Å². The molecule has 2 aromatic rings. The lowest BCUT2D eigenvalue weighted by molar-refractivity contribution is -0.227. The Kier molecular flexibility index (Phi) is 8.33. The summed E-state index contributed by atoms with van der Waals surface area (Å²) in [7, 11) is 0. The van der Waals surface area contributed by atoms with Crippen LogP contribution >= 0.6 is 11.8 Å². The van der Waals surface area contributed by atoms with Gasteiger partial charge in [-0.2, -0.15) is 0 Å². The summed E-state index contributed by atoms with van der Waals surface area (Å²) < 4.78 is 17.6. The van der Waals surface area contributed by atoms with Crippen molar-refractivity contribution in [2.24, 2.45) is 0 Å². The molecule has 0 spiro atoms. The van der Waals surface area contributed by atoms with Crippen LogP contribution in [0.2, 0.25) is 0 Å². The van der Waals surface area contributed by atoms with Crippen molar-refractivity contribution in [2.45, 2.75) is 50.0 Å². The molecule has 1 heterocycles. The molecule has 1 saturated heterocycles. The second-order valence-electron chi connectivity index (χ2n) is 6.74. The molecule has 0 aliphatic carbocycles. The molecule has 0 amide bonds. The van der Waals surface area contributed by atoms with E-state index in [0.717, 1.165) is 16.9 Å². The molecule has 5 nitrogen and oxygen atoms in total. The van der Waals surface area contributed by atoms with Gasteiger partial charge in [0.2, 0.25) is 0 Å². The lowest BCUT2D eigenvalue weighted by Gasteiger charge is -2.42. The van der Waals surface area contributed by atoms with Crippen molar-refractivity contribution in [1.29, 1.82) is 0 Å². The van der Waals surface area contributed by atoms with Crippen molar-refractivity contribution < 1.29 is 24.4 Å². The second-order valence-corrected chi connectivity index (χ2v) is 8.12. The highest BCUT2D eigenvalue weighted by Gasteiger charge is 2.45. The van der Waals surface area contributed by atoms with E-state index in [1.165, 1.54) is 11.8 Å². The SMILES string of the molecule is CCS[C@@H]1O[C@H](COCc2ccccc2)[C@@H](O)[C@H](OCc2ccccc2)[C@H]1O. The number of hydrogen-bond donors (Lipinski definition) is 2. The van der Waals surface area contributed by atoms with E-state index >= 15 is 0 Å². The largest absolute Gasteiger partial charge is 0.387 e. The van der Waals surface area contributed by atoms with Crippen molar-refractivity contribution in [3.05, 3.63) is 71.8 Å². The van der Waals surface area contributed by atoms with Gasteiger partial charge in [-0.1, -0.05) is 67.6 Å². The third kappa shape index (κ3) is 5.80. The van der Waals surface area contributed by atoms with Gasteiger partial charge in [-0.15, -0.1) is 11.8 Å². The molecule has 2 N–H and O–H groups in total. The van der Waals surface area contributed by atoms with Crippen LogP contribution in [0, 0.1) is 0 Å². The first-order chi connectivity index (χ1) is 13.7. The third-order valence-corrected chi connectivity index (χ3v) is 5.70. The van der Waals surface area contributed by atoms with Crippen LogP contribution in [0.25, 0.3) is 0 Å². The van der Waals surface area contributed by atoms with Gasteiger partial charge in [-0.3, -0.25) is 0 Å². The summed E-state index contributed by atoms with van der Waals surface area (Å²) in [4.78, 5) is 0. The number of aliphatic hydroxyl groups excluding tert-OH is 2. The summed E-state index contributed by atoms with van der Waals surface area (Å²) in [6.45, 7) is 3.00. The predicted octanol–water partition coefficient (Wildman–Crippen LogP) is 2.99. The molecule has 1 aliphatic rings. The molecule has 1 fully saturated rings. The average molecular weight is 405 g/mol. The van der Waals surface area contributed by atoms with Crippen LogP contribution in [0.3, 0.4) is 0 Å². The molecule has 28 heavy (non-hydrogen) atoms. The van der Waals surface area contributed by atoms with Crippen LogP contribution in [0.1, 0.15) is 18.1 Å². The van der Waals surface area contributed by atoms with Crippen LogP contribution in [-0.4, -0.2) is 52.4 Å². The van der Waals surface area contributed by atoms with Crippen molar-refractivity contribution in [3.63, 3.8) is 0 Å². The van der Waals surface area contributed by atoms with E-state index in [0.29, 0.717) is 13.2 Å². The Morgan fingerprint density at radius 3 is 2.11 bits per heavy atom. The van der Waals surface area contributed by atoms with E-state index in [1.807, 2.05) is 67.6 Å². The summed E-state index contributed by atoms with van der Waals surface area (Å²) in [6, 6.07) is 19.6. The van der Waals surface area contributed by atoms with Gasteiger partial charge >= 0.3 is 0 Å². The van der Waals surface area contributed by atoms with Gasteiger partial charge in [0.25, 0.3) is 0 Å². The van der Waals surface area contributed by atoms with Gasteiger partial charge in [0.15, 0.2) is 0 Å². The maximum absolute atomic E-state index is 10.8. The summed E-state index contributed by atoms with van der Waals surface area (Å²) in [5, 5.41) is 21.4. The molecule has 3 rings (SSSR count). The van der Waals surface area contributed by atoms with Crippen molar-refractivity contribution in [2.75, 3.05) is 12.4 Å². The number of aliphatic hydroxyl groups is 2. The van der Waals surface area contributed by atoms with Crippen LogP contribution in [0.5, 0.6) is 0 Å². The Bertz CT molecular complexity index is 684. The van der Waals surface area contributed by atoms with Gasteiger partial charge < -0.3 is 24.4 Å². The zero-order chi connectivity index (χ0) is 19.8. The van der Waals surface area contributed by atoms with Crippen LogP contribution in [-0.2, 0) is 27.4 Å². The number of hydrogen-bond acceptors (Lipinski definition) is 6. The zero-order valence-electron chi connectivity index (χ0n) is 16.0. The minimum absolute atomic E-state index is 0.231. The van der Waals surface area contributed by atoms with Crippen LogP contribution in [0.15, 0.2) is 60.7 Å². The first kappa shape index (κ1) is 21.3. The van der Waals surface area contributed by atoms with Crippen molar-refractivity contribution in [1.82, 2.24) is 0 Å². The Labute approximate surface area is 170 Å². The molecule has 5 atom stereocenters. The molecular weight excluding hydrogens is 376 g/mol. The fraction of sp³-hybridized carbons (Fsp3) is 0.455. The fourth-order valence-electron chi connectivity index (χ4n) is 3.17. The Morgan fingerprint density at radius 1 is 0.893 bits per heavy atom. The van der Waals surface area contributed by atoms with Gasteiger partial charge in [-0.25, -0.2) is 0 Å². The number of rotatable bonds is 9. The highest BCUT2D eigenvalue weighted by molar-refractivity contribution is 7.99. The van der Waals surface area contributed by atoms with Crippen LogP contribution < -0.4 is 0 Å². The van der Waals surface area contributed by atoms with Gasteiger partial charge in [0.05, 0.1) is 19.8 Å². The topological polar surface area (TPSA) is 68.2 Å². The third-order valence-electron chi connectivity index (χ3n) is 4.65. The highest BCUT2D eigenvalue weighted by atomic mass is 32.2. The molecule has 2 aromatic carbocycles. The minimum atomic E-state index is -0.969. The maximum atomic E-state index is 10.8. The Hall–Kier alpha value is -1.41. The summed E-state index contributed by atoms with van der Waals surface area (Å²) in [5.74, 6) is 0.792. The molecule has 0 saturated carbocycles. The quantitative estimate of drug-likeness (QED) is 0.670. The van der Waals surface area contributed by atoms with Crippen molar-refractivity contribution >= 4 is 11.8 Å². The highest BCUT2D eigenvalue weighted by Crippen LogP contribution is 2.30. The monoisotopic (exact) mass is 404 g/mol.